The van der Waals surface area contributed by atoms with Crippen LogP contribution in [0.1, 0.15) is 23.6 Å². The number of carbonyl (C=O) groups excluding carboxylic acids is 1. The summed E-state index contributed by atoms with van der Waals surface area (Å²) in [4.78, 5) is 14.5. The lowest BCUT2D eigenvalue weighted by atomic mass is 9.99. The molecule has 31 heavy (non-hydrogen) atoms. The van der Waals surface area contributed by atoms with Gasteiger partial charge in [-0.1, -0.05) is 59.3 Å². The third kappa shape index (κ3) is 4.23. The van der Waals surface area contributed by atoms with Crippen LogP contribution in [-0.4, -0.2) is 38.9 Å². The third-order valence-electron chi connectivity index (χ3n) is 5.63. The molecule has 1 amide bonds. The molecule has 2 aromatic rings. The van der Waals surface area contributed by atoms with E-state index in [4.69, 9.17) is 11.6 Å². The fourth-order valence-electron chi connectivity index (χ4n) is 4.06. The summed E-state index contributed by atoms with van der Waals surface area (Å²) in [6, 6.07) is 16.3. The van der Waals surface area contributed by atoms with Gasteiger partial charge in [0.05, 0.1) is 17.8 Å². The van der Waals surface area contributed by atoms with E-state index in [-0.39, 0.29) is 29.9 Å². The number of carbonyl (C=O) groups is 1. The van der Waals surface area contributed by atoms with Crippen LogP contribution in [0.3, 0.4) is 0 Å². The van der Waals surface area contributed by atoms with Crippen LogP contribution in [0.25, 0.3) is 0 Å². The molecule has 160 valence electrons. The van der Waals surface area contributed by atoms with Crippen molar-refractivity contribution < 1.29 is 4.79 Å². The lowest BCUT2D eigenvalue weighted by Gasteiger charge is -2.36. The zero-order valence-corrected chi connectivity index (χ0v) is 18.5. The van der Waals surface area contributed by atoms with Crippen LogP contribution >= 0.6 is 23.4 Å². The highest BCUT2D eigenvalue weighted by Crippen LogP contribution is 2.35. The van der Waals surface area contributed by atoms with Gasteiger partial charge in [-0.25, -0.2) is 5.43 Å². The number of aryl methyl sites for hydroxylation is 1. The topological polar surface area (TPSA) is 72.0 Å². The van der Waals surface area contributed by atoms with Gasteiger partial charge >= 0.3 is 0 Å². The second-order valence-electron chi connectivity index (χ2n) is 7.82. The number of nitrogens with zero attached hydrogens (tertiary/aromatic N) is 3. The predicted octanol–water partition coefficient (Wildman–Crippen LogP) is 3.63. The van der Waals surface area contributed by atoms with Crippen molar-refractivity contribution in [2.45, 2.75) is 31.6 Å². The molecule has 3 atom stereocenters. The van der Waals surface area contributed by atoms with E-state index in [2.05, 4.69) is 62.4 Å². The average Bonchev–Trinajstić information content (AvgIpc) is 3.36. The number of amides is 1. The molecular weight excluding hydrogens is 432 g/mol. The molecule has 7 nitrogen and oxygen atoms in total. The van der Waals surface area contributed by atoms with E-state index < -0.39 is 0 Å². The lowest BCUT2D eigenvalue weighted by molar-refractivity contribution is -0.113. The molecule has 0 aromatic heterocycles. The first kappa shape index (κ1) is 20.2. The summed E-state index contributed by atoms with van der Waals surface area (Å²) in [6.45, 7) is 2.10. The van der Waals surface area contributed by atoms with Crippen LogP contribution in [0.5, 0.6) is 0 Å². The van der Waals surface area contributed by atoms with Crippen molar-refractivity contribution in [2.75, 3.05) is 11.1 Å². The Hall–Kier alpha value is -2.68. The number of rotatable bonds is 4. The number of hydrogen-bond acceptors (Lipinski definition) is 7. The monoisotopic (exact) mass is 454 g/mol. The minimum Gasteiger partial charge on any atom is -0.325 e. The van der Waals surface area contributed by atoms with Gasteiger partial charge < -0.3 is 15.2 Å². The largest absolute Gasteiger partial charge is 0.325 e. The molecule has 0 radical (unpaired) electrons. The van der Waals surface area contributed by atoms with Crippen LogP contribution in [0.15, 0.2) is 66.0 Å². The maximum atomic E-state index is 12.3. The number of anilines is 1. The van der Waals surface area contributed by atoms with Gasteiger partial charge in [0.15, 0.2) is 5.17 Å². The number of hydrogen-bond donors (Lipinski definition) is 3. The first-order valence-corrected chi connectivity index (χ1v) is 11.5. The Labute approximate surface area is 190 Å². The van der Waals surface area contributed by atoms with Gasteiger partial charge in [-0.15, -0.1) is 0 Å². The fraction of sp³-hybridized carbons (Fsp3) is 0.273. The first-order valence-electron chi connectivity index (χ1n) is 10.2. The summed E-state index contributed by atoms with van der Waals surface area (Å²) >= 11 is 7.39. The molecule has 3 aliphatic heterocycles. The Morgan fingerprint density at radius 2 is 2.10 bits per heavy atom. The Morgan fingerprint density at radius 1 is 1.26 bits per heavy atom. The Bertz CT molecular complexity index is 1040. The highest BCUT2D eigenvalue weighted by Gasteiger charge is 2.44. The number of amidine groups is 1. The van der Waals surface area contributed by atoms with Crippen molar-refractivity contribution in [1.82, 2.24) is 20.8 Å². The first-order chi connectivity index (χ1) is 15.1. The molecular formula is C22H23ClN6OS. The summed E-state index contributed by atoms with van der Waals surface area (Å²) in [5.41, 5.74) is 10.1. The van der Waals surface area contributed by atoms with E-state index >= 15 is 0 Å². The molecule has 0 aliphatic carbocycles. The predicted molar refractivity (Wildman–Crippen MR) is 125 cm³/mol. The molecule has 3 heterocycles. The van der Waals surface area contributed by atoms with E-state index in [0.29, 0.717) is 10.7 Å². The summed E-state index contributed by atoms with van der Waals surface area (Å²) in [5, 5.41) is 10.9. The molecule has 0 spiro atoms. The van der Waals surface area contributed by atoms with Crippen molar-refractivity contribution in [2.24, 2.45) is 5.10 Å². The normalized spacial score (nSPS) is 23.8. The second-order valence-corrected chi connectivity index (χ2v) is 9.20. The molecule has 3 unspecified atom stereocenters. The van der Waals surface area contributed by atoms with E-state index in [1.54, 1.807) is 12.1 Å². The van der Waals surface area contributed by atoms with Gasteiger partial charge in [0.1, 0.15) is 6.17 Å². The number of benzene rings is 2. The van der Waals surface area contributed by atoms with Crippen LogP contribution < -0.4 is 16.2 Å². The molecule has 2 aromatic carbocycles. The molecule has 3 aliphatic rings. The van der Waals surface area contributed by atoms with Crippen LogP contribution in [0.2, 0.25) is 5.02 Å². The molecule has 0 saturated carbocycles. The molecule has 9 heteroatoms. The standard InChI is InChI=1S/C22H23ClN6OS/c1-14-5-7-15(8-6-14)18-12-19-21-25-26-22(28(21)9-10-29(19)27-18)31-13-20(30)24-17-4-2-3-16(23)11-17/h2-11,18-19,21,25,27H,12-13H2,1H3,(H,24,30). The third-order valence-corrected chi connectivity index (χ3v) is 6.83. The van der Waals surface area contributed by atoms with Crippen LogP contribution in [0.4, 0.5) is 5.69 Å². The minimum atomic E-state index is -0.0944. The van der Waals surface area contributed by atoms with Gasteiger partial charge in [0.25, 0.3) is 0 Å². The summed E-state index contributed by atoms with van der Waals surface area (Å²) in [6.07, 6.45) is 5.05. The molecule has 0 bridgehead atoms. The number of halogens is 1. The smallest absolute Gasteiger partial charge is 0.234 e. The highest BCUT2D eigenvalue weighted by atomic mass is 35.5. The zero-order chi connectivity index (χ0) is 21.4. The van der Waals surface area contributed by atoms with E-state index in [1.807, 2.05) is 24.5 Å². The minimum absolute atomic E-state index is 0.0337. The van der Waals surface area contributed by atoms with Crippen molar-refractivity contribution in [3.8, 4) is 0 Å². The van der Waals surface area contributed by atoms with Gasteiger partial charge in [-0.3, -0.25) is 10.2 Å². The number of nitrogens with one attached hydrogen (secondary N) is 3. The van der Waals surface area contributed by atoms with E-state index in [9.17, 15) is 4.79 Å². The number of hydrazine groups is 1. The van der Waals surface area contributed by atoms with E-state index in [0.717, 1.165) is 11.6 Å². The molecule has 1 fully saturated rings. The lowest BCUT2D eigenvalue weighted by Crippen LogP contribution is -2.54. The Balaban J connectivity index is 1.18. The summed E-state index contributed by atoms with van der Waals surface area (Å²) in [7, 11) is 0. The van der Waals surface area contributed by atoms with Crippen molar-refractivity contribution in [3.63, 3.8) is 0 Å². The summed E-state index contributed by atoms with van der Waals surface area (Å²) in [5.74, 6) is 0.172. The van der Waals surface area contributed by atoms with Gasteiger partial charge in [-0.2, -0.15) is 5.10 Å². The Kier molecular flexibility index (Phi) is 5.52. The molecule has 5 rings (SSSR count). The average molecular weight is 455 g/mol. The Morgan fingerprint density at radius 3 is 2.90 bits per heavy atom. The molecule has 1 saturated heterocycles. The van der Waals surface area contributed by atoms with Crippen molar-refractivity contribution in [3.05, 3.63) is 77.1 Å². The second kappa shape index (κ2) is 8.45. The van der Waals surface area contributed by atoms with Crippen molar-refractivity contribution in [1.29, 1.82) is 0 Å². The molecule has 3 N–H and O–H groups in total. The number of thioether (sulfide) groups is 1. The SMILES string of the molecule is Cc1ccc(C2CC3C4NN=C(SCC(=O)Nc5cccc(Cl)c5)N4C=CN3N2)cc1. The van der Waals surface area contributed by atoms with E-state index in [1.165, 1.54) is 22.9 Å². The maximum absolute atomic E-state index is 12.3. The quantitative estimate of drug-likeness (QED) is 0.655. The van der Waals surface area contributed by atoms with Crippen LogP contribution in [-0.2, 0) is 4.79 Å². The zero-order valence-electron chi connectivity index (χ0n) is 17.0. The van der Waals surface area contributed by atoms with Crippen molar-refractivity contribution >= 4 is 40.1 Å². The fourth-order valence-corrected chi connectivity index (χ4v) is 5.02. The number of fused-ring (bicyclic) bond motifs is 3. The summed E-state index contributed by atoms with van der Waals surface area (Å²) < 4.78 is 0. The van der Waals surface area contributed by atoms with Gasteiger partial charge in [0.2, 0.25) is 5.91 Å². The maximum Gasteiger partial charge on any atom is 0.234 e. The van der Waals surface area contributed by atoms with Crippen LogP contribution in [0, 0.1) is 6.92 Å². The van der Waals surface area contributed by atoms with Gasteiger partial charge in [-0.05, 0) is 37.1 Å². The highest BCUT2D eigenvalue weighted by molar-refractivity contribution is 8.14. The van der Waals surface area contributed by atoms with Gasteiger partial charge in [0, 0.05) is 23.1 Å². The number of hydrazone groups is 1.